The van der Waals surface area contributed by atoms with Crippen LogP contribution in [-0.4, -0.2) is 128 Å². The number of carboxylic acid groups (broad SMARTS) is 5. The molecule has 0 amide bonds. The lowest BCUT2D eigenvalue weighted by atomic mass is 9.88. The molecule has 0 unspecified atom stereocenters. The van der Waals surface area contributed by atoms with E-state index in [0.717, 1.165) is 0 Å². The average Bonchev–Trinajstić information content (AvgIpc) is 2.76. The molecule has 1 rings (SSSR count). The van der Waals surface area contributed by atoms with Crippen LogP contribution in [0, 0.1) is 0 Å². The highest BCUT2D eigenvalue weighted by Crippen LogP contribution is 2.28. The second-order valence-electron chi connectivity index (χ2n) is 7.68. The standard InChI is InChI=1S/C18H29N3O10/c22-13(23)3-1-2-4-18(21(9-16(28)29)10-17(30)31)11-19(7-14(24)25)5-6-20(12-18)8-15(26)27/h1-12H2,(H,22,23)(H,24,25)(H,26,27)(H,28,29)(H,30,31). The van der Waals surface area contributed by atoms with Crippen LogP contribution in [0.5, 0.6) is 0 Å². The highest BCUT2D eigenvalue weighted by Gasteiger charge is 2.43. The van der Waals surface area contributed by atoms with Crippen molar-refractivity contribution in [1.82, 2.24) is 14.7 Å². The molecule has 1 heterocycles. The summed E-state index contributed by atoms with van der Waals surface area (Å²) in [5, 5.41) is 46.0. The summed E-state index contributed by atoms with van der Waals surface area (Å²) in [6, 6.07) is 0. The molecular formula is C18H29N3O10. The number of nitrogens with zero attached hydrogens (tertiary/aromatic N) is 3. The molecule has 0 atom stereocenters. The Morgan fingerprint density at radius 3 is 1.48 bits per heavy atom. The summed E-state index contributed by atoms with van der Waals surface area (Å²) in [5.41, 5.74) is -1.20. The third-order valence-electron chi connectivity index (χ3n) is 5.09. The van der Waals surface area contributed by atoms with Gasteiger partial charge in [0.2, 0.25) is 0 Å². The Morgan fingerprint density at radius 1 is 0.677 bits per heavy atom. The predicted molar refractivity (Wildman–Crippen MR) is 104 cm³/mol. The summed E-state index contributed by atoms with van der Waals surface area (Å²) in [7, 11) is 0. The average molecular weight is 447 g/mol. The van der Waals surface area contributed by atoms with Crippen LogP contribution in [0.4, 0.5) is 0 Å². The van der Waals surface area contributed by atoms with E-state index in [1.807, 2.05) is 0 Å². The molecule has 0 bridgehead atoms. The fourth-order valence-corrected chi connectivity index (χ4v) is 3.94. The third kappa shape index (κ3) is 9.72. The first-order chi connectivity index (χ1) is 14.4. The van der Waals surface area contributed by atoms with Crippen LogP contribution < -0.4 is 0 Å². The topological polar surface area (TPSA) is 196 Å². The molecule has 0 aromatic rings. The Morgan fingerprint density at radius 2 is 1.13 bits per heavy atom. The molecule has 1 fully saturated rings. The molecule has 13 nitrogen and oxygen atoms in total. The largest absolute Gasteiger partial charge is 0.481 e. The summed E-state index contributed by atoms with van der Waals surface area (Å²) in [6.07, 6.45) is 0.603. The van der Waals surface area contributed by atoms with E-state index in [9.17, 15) is 44.4 Å². The van der Waals surface area contributed by atoms with E-state index in [1.54, 1.807) is 0 Å². The Labute approximate surface area is 178 Å². The quantitative estimate of drug-likeness (QED) is 0.196. The van der Waals surface area contributed by atoms with Crippen molar-refractivity contribution in [2.75, 3.05) is 52.4 Å². The van der Waals surface area contributed by atoms with Gasteiger partial charge >= 0.3 is 29.8 Å². The fraction of sp³-hybridized carbons (Fsp3) is 0.722. The molecule has 1 aliphatic rings. The Balaban J connectivity index is 3.34. The highest BCUT2D eigenvalue weighted by molar-refractivity contribution is 5.73. The number of rotatable bonds is 14. The van der Waals surface area contributed by atoms with Gasteiger partial charge in [-0.25, -0.2) is 0 Å². The van der Waals surface area contributed by atoms with Gasteiger partial charge in [-0.05, 0) is 12.8 Å². The molecule has 0 radical (unpaired) electrons. The van der Waals surface area contributed by atoms with E-state index in [1.165, 1.54) is 14.7 Å². The van der Waals surface area contributed by atoms with Crippen molar-refractivity contribution in [3.8, 4) is 0 Å². The van der Waals surface area contributed by atoms with E-state index in [0.29, 0.717) is 6.42 Å². The van der Waals surface area contributed by atoms with E-state index >= 15 is 0 Å². The van der Waals surface area contributed by atoms with E-state index < -0.39 is 48.5 Å². The Kier molecular flexibility index (Phi) is 10.3. The molecule has 0 saturated carbocycles. The normalized spacial score (nSPS) is 17.2. The lowest BCUT2D eigenvalue weighted by molar-refractivity contribution is -0.148. The van der Waals surface area contributed by atoms with E-state index in [4.69, 9.17) is 5.11 Å². The van der Waals surface area contributed by atoms with Gasteiger partial charge in [-0.15, -0.1) is 0 Å². The van der Waals surface area contributed by atoms with Gasteiger partial charge in [0.15, 0.2) is 0 Å². The van der Waals surface area contributed by atoms with Gasteiger partial charge in [-0.2, -0.15) is 0 Å². The zero-order chi connectivity index (χ0) is 23.6. The van der Waals surface area contributed by atoms with Gasteiger partial charge in [0.25, 0.3) is 0 Å². The number of unbranched alkanes of at least 4 members (excludes halogenated alkanes) is 1. The minimum Gasteiger partial charge on any atom is -0.481 e. The van der Waals surface area contributed by atoms with Gasteiger partial charge in [0, 0.05) is 38.1 Å². The maximum Gasteiger partial charge on any atom is 0.317 e. The third-order valence-corrected chi connectivity index (χ3v) is 5.09. The maximum absolute atomic E-state index is 11.5. The van der Waals surface area contributed by atoms with Gasteiger partial charge in [-0.3, -0.25) is 38.7 Å². The zero-order valence-electron chi connectivity index (χ0n) is 17.1. The van der Waals surface area contributed by atoms with Crippen LogP contribution in [-0.2, 0) is 24.0 Å². The van der Waals surface area contributed by atoms with Crippen LogP contribution in [0.25, 0.3) is 0 Å². The van der Waals surface area contributed by atoms with Crippen LogP contribution in [0.3, 0.4) is 0 Å². The highest BCUT2D eigenvalue weighted by atomic mass is 16.4. The first kappa shape index (κ1) is 26.3. The van der Waals surface area contributed by atoms with E-state index in [-0.39, 0.29) is 58.5 Å². The van der Waals surface area contributed by atoms with Gasteiger partial charge < -0.3 is 25.5 Å². The lowest BCUT2D eigenvalue weighted by Gasteiger charge is -2.45. The zero-order valence-corrected chi connectivity index (χ0v) is 17.1. The van der Waals surface area contributed by atoms with Crippen molar-refractivity contribution in [1.29, 1.82) is 0 Å². The van der Waals surface area contributed by atoms with Gasteiger partial charge in [0.1, 0.15) is 0 Å². The molecule has 31 heavy (non-hydrogen) atoms. The van der Waals surface area contributed by atoms with Crippen molar-refractivity contribution in [3.05, 3.63) is 0 Å². The maximum atomic E-state index is 11.5. The summed E-state index contributed by atoms with van der Waals surface area (Å²) >= 11 is 0. The van der Waals surface area contributed by atoms with Crippen molar-refractivity contribution in [2.24, 2.45) is 0 Å². The Hall–Kier alpha value is -2.77. The summed E-state index contributed by atoms with van der Waals surface area (Å²) in [5.74, 6) is -5.85. The minimum absolute atomic E-state index is 0.00303. The summed E-state index contributed by atoms with van der Waals surface area (Å²) < 4.78 is 0. The smallest absolute Gasteiger partial charge is 0.317 e. The number of aliphatic carboxylic acids is 5. The van der Waals surface area contributed by atoms with Crippen molar-refractivity contribution < 1.29 is 49.5 Å². The molecule has 1 aliphatic heterocycles. The molecule has 13 heteroatoms. The minimum atomic E-state index is -1.29. The molecule has 0 aliphatic carbocycles. The lowest BCUT2D eigenvalue weighted by Crippen LogP contribution is -2.62. The molecule has 1 saturated heterocycles. The van der Waals surface area contributed by atoms with Gasteiger partial charge in [-0.1, -0.05) is 6.42 Å². The predicted octanol–water partition coefficient (Wildman–Crippen LogP) is -1.37. The van der Waals surface area contributed by atoms with Crippen LogP contribution in [0.15, 0.2) is 0 Å². The van der Waals surface area contributed by atoms with Gasteiger partial charge in [0.05, 0.1) is 26.2 Å². The first-order valence-electron chi connectivity index (χ1n) is 9.72. The molecule has 0 aromatic heterocycles. The van der Waals surface area contributed by atoms with Crippen LogP contribution in [0.1, 0.15) is 25.7 Å². The molecule has 5 N–H and O–H groups in total. The number of hydrogen-bond donors (Lipinski definition) is 5. The fourth-order valence-electron chi connectivity index (χ4n) is 3.94. The van der Waals surface area contributed by atoms with Crippen LogP contribution >= 0.6 is 0 Å². The summed E-state index contributed by atoms with van der Waals surface area (Å²) in [6.45, 7) is -1.65. The van der Waals surface area contributed by atoms with Crippen molar-refractivity contribution >= 4 is 29.8 Å². The number of hydrogen-bond acceptors (Lipinski definition) is 8. The number of carboxylic acids is 5. The van der Waals surface area contributed by atoms with Crippen LogP contribution in [0.2, 0.25) is 0 Å². The monoisotopic (exact) mass is 447 g/mol. The molecule has 0 aromatic carbocycles. The molecule has 176 valence electrons. The number of carbonyl (C=O) groups is 5. The van der Waals surface area contributed by atoms with Crippen molar-refractivity contribution in [3.63, 3.8) is 0 Å². The second-order valence-corrected chi connectivity index (χ2v) is 7.68. The Bertz CT molecular complexity index is 641. The SMILES string of the molecule is O=C(O)CCCCC1(N(CC(=O)O)CC(=O)O)CN(CC(=O)O)CCN(CC(=O)O)C1. The van der Waals surface area contributed by atoms with Crippen molar-refractivity contribution in [2.45, 2.75) is 31.2 Å². The summed E-state index contributed by atoms with van der Waals surface area (Å²) in [4.78, 5) is 60.6. The molecule has 0 spiro atoms. The second kappa shape index (κ2) is 12.2. The van der Waals surface area contributed by atoms with E-state index in [2.05, 4.69) is 0 Å². The molecular weight excluding hydrogens is 418 g/mol. The first-order valence-corrected chi connectivity index (χ1v) is 9.72.